The van der Waals surface area contributed by atoms with Gasteiger partial charge in [0.05, 0.1) is 30.2 Å². The van der Waals surface area contributed by atoms with E-state index in [0.29, 0.717) is 24.2 Å². The van der Waals surface area contributed by atoms with Crippen LogP contribution >= 0.6 is 11.6 Å². The van der Waals surface area contributed by atoms with E-state index in [9.17, 15) is 13.6 Å². The molecule has 1 aliphatic rings. The van der Waals surface area contributed by atoms with Crippen LogP contribution in [0.25, 0.3) is 0 Å². The summed E-state index contributed by atoms with van der Waals surface area (Å²) in [6.45, 7) is 5.12. The van der Waals surface area contributed by atoms with Crippen LogP contribution in [0.1, 0.15) is 49.3 Å². The molecule has 7 nitrogen and oxygen atoms in total. The zero-order valence-corrected chi connectivity index (χ0v) is 17.5. The van der Waals surface area contributed by atoms with Gasteiger partial charge in [-0.3, -0.25) is 4.79 Å². The van der Waals surface area contributed by atoms with Crippen molar-refractivity contribution in [2.45, 2.75) is 51.7 Å². The summed E-state index contributed by atoms with van der Waals surface area (Å²) in [7, 11) is 0. The Hall–Kier alpha value is -2.81. The van der Waals surface area contributed by atoms with E-state index in [-0.39, 0.29) is 16.6 Å². The zero-order chi connectivity index (χ0) is 21.6. The molecular formula is C20H21ClF2N6O. The smallest absolute Gasteiger partial charge is 0.285 e. The van der Waals surface area contributed by atoms with Gasteiger partial charge >= 0.3 is 0 Å². The molecule has 0 radical (unpaired) electrons. The van der Waals surface area contributed by atoms with Crippen molar-refractivity contribution in [1.82, 2.24) is 25.2 Å². The quantitative estimate of drug-likeness (QED) is 0.677. The maximum atomic E-state index is 14.1. The first-order valence-electron chi connectivity index (χ1n) is 9.58. The van der Waals surface area contributed by atoms with Crippen LogP contribution in [0.3, 0.4) is 0 Å². The van der Waals surface area contributed by atoms with Crippen LogP contribution in [-0.2, 0) is 18.9 Å². The van der Waals surface area contributed by atoms with Crippen molar-refractivity contribution < 1.29 is 8.78 Å². The summed E-state index contributed by atoms with van der Waals surface area (Å²) < 4.78 is 30.0. The van der Waals surface area contributed by atoms with E-state index < -0.39 is 17.5 Å². The molecule has 0 unspecified atom stereocenters. The Morgan fingerprint density at radius 2 is 2.07 bits per heavy atom. The number of nitrogens with zero attached hydrogens (tertiary/aromatic N) is 5. The molecule has 1 aliphatic heterocycles. The van der Waals surface area contributed by atoms with Gasteiger partial charge in [-0.15, -0.1) is 5.10 Å². The topological polar surface area (TPSA) is 79.7 Å². The highest BCUT2D eigenvalue weighted by Crippen LogP contribution is 2.36. The van der Waals surface area contributed by atoms with Crippen LogP contribution < -0.4 is 10.5 Å². The molecule has 4 rings (SSSR count). The monoisotopic (exact) mass is 434 g/mol. The van der Waals surface area contributed by atoms with Crippen molar-refractivity contribution in [2.75, 3.05) is 4.90 Å². The van der Waals surface area contributed by atoms with E-state index in [1.54, 1.807) is 22.9 Å². The van der Waals surface area contributed by atoms with E-state index in [4.69, 9.17) is 11.6 Å². The predicted molar refractivity (Wildman–Crippen MR) is 109 cm³/mol. The Labute approximate surface area is 176 Å². The predicted octanol–water partition coefficient (Wildman–Crippen LogP) is 3.69. The summed E-state index contributed by atoms with van der Waals surface area (Å²) in [6.07, 6.45) is 2.08. The number of rotatable bonds is 4. The average molecular weight is 435 g/mol. The number of hydrogen-bond donors (Lipinski definition) is 1. The van der Waals surface area contributed by atoms with Crippen LogP contribution in [-0.4, -0.2) is 31.2 Å². The van der Waals surface area contributed by atoms with Gasteiger partial charge in [-0.25, -0.2) is 18.6 Å². The fraction of sp³-hybridized carbons (Fsp3) is 0.400. The van der Waals surface area contributed by atoms with Crippen molar-refractivity contribution in [3.05, 3.63) is 68.4 Å². The molecule has 1 N–H and O–H groups in total. The third kappa shape index (κ3) is 3.47. The van der Waals surface area contributed by atoms with Crippen LogP contribution in [0.5, 0.6) is 0 Å². The molecule has 0 fully saturated rings. The third-order valence-electron chi connectivity index (χ3n) is 5.55. The first kappa shape index (κ1) is 20.5. The summed E-state index contributed by atoms with van der Waals surface area (Å²) in [5.41, 5.74) is 2.16. The molecule has 0 amide bonds. The Kier molecular flexibility index (Phi) is 5.09. The number of aromatic nitrogens is 5. The van der Waals surface area contributed by atoms with Gasteiger partial charge in [0.2, 0.25) is 0 Å². The van der Waals surface area contributed by atoms with Crippen molar-refractivity contribution in [3.8, 4) is 0 Å². The molecule has 10 heteroatoms. The van der Waals surface area contributed by atoms with Gasteiger partial charge in [0, 0.05) is 24.9 Å². The van der Waals surface area contributed by atoms with Gasteiger partial charge in [-0.1, -0.05) is 41.1 Å². The van der Waals surface area contributed by atoms with E-state index >= 15 is 0 Å². The van der Waals surface area contributed by atoms with Crippen molar-refractivity contribution in [1.29, 1.82) is 0 Å². The van der Waals surface area contributed by atoms with Gasteiger partial charge in [0.25, 0.3) is 11.5 Å². The lowest BCUT2D eigenvalue weighted by Crippen LogP contribution is -2.40. The number of H-pyrrole nitrogens is 1. The molecule has 0 aliphatic carbocycles. The molecule has 30 heavy (non-hydrogen) atoms. The fourth-order valence-electron chi connectivity index (χ4n) is 3.99. The van der Waals surface area contributed by atoms with Crippen LogP contribution in [0.4, 0.5) is 14.5 Å². The number of hydrogen-bond acceptors (Lipinski definition) is 5. The lowest BCUT2D eigenvalue weighted by atomic mass is 9.96. The molecule has 2 aromatic heterocycles. The minimum absolute atomic E-state index is 0.0198. The summed E-state index contributed by atoms with van der Waals surface area (Å²) in [5, 5.41) is 14.8. The highest BCUT2D eigenvalue weighted by atomic mass is 35.5. The number of anilines is 1. The molecular weight excluding hydrogens is 414 g/mol. The van der Waals surface area contributed by atoms with Gasteiger partial charge in [-0.05, 0) is 19.4 Å². The second kappa shape index (κ2) is 7.46. The average Bonchev–Trinajstić information content (AvgIpc) is 3.11. The van der Waals surface area contributed by atoms with Crippen molar-refractivity contribution in [2.24, 2.45) is 0 Å². The molecule has 0 saturated carbocycles. The molecule has 3 heterocycles. The molecule has 158 valence electrons. The largest absolute Gasteiger partial charge is 0.360 e. The van der Waals surface area contributed by atoms with Gasteiger partial charge < -0.3 is 4.90 Å². The van der Waals surface area contributed by atoms with E-state index in [0.717, 1.165) is 18.3 Å². The SMILES string of the molecule is C[C@@H]1Cc2c(nnn2[C@@H](C)c2ccccc2C(C)(F)F)CN1c1cn[nH]c(=O)c1Cl. The zero-order valence-electron chi connectivity index (χ0n) is 16.7. The minimum atomic E-state index is -2.96. The maximum Gasteiger partial charge on any atom is 0.285 e. The number of halogens is 3. The van der Waals surface area contributed by atoms with Gasteiger partial charge in [0.15, 0.2) is 0 Å². The molecule has 2 atom stereocenters. The van der Waals surface area contributed by atoms with Gasteiger partial charge in [0.1, 0.15) is 10.7 Å². The summed E-state index contributed by atoms with van der Waals surface area (Å²) >= 11 is 6.18. The number of fused-ring (bicyclic) bond motifs is 1. The molecule has 1 aromatic carbocycles. The highest BCUT2D eigenvalue weighted by molar-refractivity contribution is 6.33. The summed E-state index contributed by atoms with van der Waals surface area (Å²) in [5.74, 6) is -2.96. The lowest BCUT2D eigenvalue weighted by molar-refractivity contribution is 0.0160. The number of alkyl halides is 2. The molecule has 3 aromatic rings. The number of benzene rings is 1. The van der Waals surface area contributed by atoms with Crippen molar-refractivity contribution in [3.63, 3.8) is 0 Å². The normalized spacial score (nSPS) is 17.7. The van der Waals surface area contributed by atoms with E-state index in [2.05, 4.69) is 20.5 Å². The standard InChI is InChI=1S/C20H21ClF2N6O/c1-11-8-16-15(10-28(11)17-9-24-26-19(30)18(17)21)25-27-29(16)12(2)13-6-4-5-7-14(13)20(3,22)23/h4-7,9,11-12H,8,10H2,1-3H3,(H,26,30)/t11-,12+/m1/s1. The molecule has 0 saturated heterocycles. The second-order valence-corrected chi connectivity index (χ2v) is 8.04. The van der Waals surface area contributed by atoms with Gasteiger partial charge in [-0.2, -0.15) is 5.10 Å². The molecule has 0 spiro atoms. The first-order valence-corrected chi connectivity index (χ1v) is 9.96. The number of nitrogens with one attached hydrogen (secondary N) is 1. The molecule has 0 bridgehead atoms. The van der Waals surface area contributed by atoms with Crippen LogP contribution in [0.15, 0.2) is 35.3 Å². The third-order valence-corrected chi connectivity index (χ3v) is 5.91. The first-order chi connectivity index (χ1) is 14.2. The minimum Gasteiger partial charge on any atom is -0.360 e. The fourth-order valence-corrected chi connectivity index (χ4v) is 4.19. The van der Waals surface area contributed by atoms with Crippen molar-refractivity contribution >= 4 is 17.3 Å². The second-order valence-electron chi connectivity index (χ2n) is 7.66. The van der Waals surface area contributed by atoms with E-state index in [1.807, 2.05) is 18.7 Å². The Morgan fingerprint density at radius 1 is 1.33 bits per heavy atom. The van der Waals surface area contributed by atoms with Crippen LogP contribution in [0, 0.1) is 0 Å². The Morgan fingerprint density at radius 3 is 2.80 bits per heavy atom. The Bertz CT molecular complexity index is 1140. The lowest BCUT2D eigenvalue weighted by Gasteiger charge is -2.35. The van der Waals surface area contributed by atoms with Crippen LogP contribution in [0.2, 0.25) is 5.02 Å². The van der Waals surface area contributed by atoms with E-state index in [1.165, 1.54) is 12.3 Å². The number of aromatic amines is 1. The Balaban J connectivity index is 1.70. The highest BCUT2D eigenvalue weighted by Gasteiger charge is 2.33. The maximum absolute atomic E-state index is 14.1. The summed E-state index contributed by atoms with van der Waals surface area (Å²) in [4.78, 5) is 13.8. The summed E-state index contributed by atoms with van der Waals surface area (Å²) in [6, 6.07) is 6.07.